The molecule has 15 heavy (non-hydrogen) atoms. The number of thioether (sulfide) groups is 1. The van der Waals surface area contributed by atoms with E-state index in [2.05, 4.69) is 15.9 Å². The third-order valence-electron chi connectivity index (χ3n) is 1.66. The van der Waals surface area contributed by atoms with Crippen LogP contribution in [0.4, 0.5) is 5.69 Å². The molecule has 0 aromatic heterocycles. The van der Waals surface area contributed by atoms with Crippen LogP contribution in [0.15, 0.2) is 27.6 Å². The number of nitro groups is 1. The summed E-state index contributed by atoms with van der Waals surface area (Å²) in [6, 6.07) is 5.04. The molecule has 82 valence electrons. The lowest BCUT2D eigenvalue weighted by Crippen LogP contribution is -1.94. The molecule has 0 saturated carbocycles. The standard InChI is InChI=1S/C9H10BrNO3S/c1-14-4-5-15-9-3-2-7(10)6-8(9)11(12)13/h2-3,6H,4-5H2,1H3. The lowest BCUT2D eigenvalue weighted by atomic mass is 10.3. The third kappa shape index (κ3) is 3.81. The quantitative estimate of drug-likeness (QED) is 0.362. The van der Waals surface area contributed by atoms with E-state index < -0.39 is 0 Å². The number of halogens is 1. The van der Waals surface area contributed by atoms with Gasteiger partial charge in [0.1, 0.15) is 0 Å². The van der Waals surface area contributed by atoms with E-state index in [-0.39, 0.29) is 10.6 Å². The Kier molecular flexibility index (Phi) is 5.07. The fourth-order valence-corrected chi connectivity index (χ4v) is 2.25. The van der Waals surface area contributed by atoms with Crippen molar-refractivity contribution < 1.29 is 9.66 Å². The molecule has 6 heteroatoms. The topological polar surface area (TPSA) is 52.4 Å². The molecule has 0 heterocycles. The second-order valence-corrected chi connectivity index (χ2v) is 4.76. The van der Waals surface area contributed by atoms with Crippen molar-refractivity contribution in [3.05, 3.63) is 32.8 Å². The summed E-state index contributed by atoms with van der Waals surface area (Å²) in [6.45, 7) is 0.581. The van der Waals surface area contributed by atoms with Crippen LogP contribution in [0.1, 0.15) is 0 Å². The van der Waals surface area contributed by atoms with Crippen molar-refractivity contribution in [1.82, 2.24) is 0 Å². The smallest absolute Gasteiger partial charge is 0.284 e. The first-order chi connectivity index (χ1) is 7.15. The van der Waals surface area contributed by atoms with Crippen LogP contribution < -0.4 is 0 Å². The van der Waals surface area contributed by atoms with E-state index in [1.165, 1.54) is 17.8 Å². The number of nitro benzene ring substituents is 1. The van der Waals surface area contributed by atoms with E-state index in [0.717, 1.165) is 0 Å². The maximum absolute atomic E-state index is 10.7. The van der Waals surface area contributed by atoms with Gasteiger partial charge in [0, 0.05) is 23.4 Å². The van der Waals surface area contributed by atoms with Gasteiger partial charge in [-0.2, -0.15) is 0 Å². The SMILES string of the molecule is COCCSc1ccc(Br)cc1[N+](=O)[O-]. The van der Waals surface area contributed by atoms with Gasteiger partial charge in [-0.25, -0.2) is 0 Å². The second kappa shape index (κ2) is 6.09. The summed E-state index contributed by atoms with van der Waals surface area (Å²) in [5.74, 6) is 0.707. The largest absolute Gasteiger partial charge is 0.384 e. The van der Waals surface area contributed by atoms with Crippen molar-refractivity contribution in [1.29, 1.82) is 0 Å². The summed E-state index contributed by atoms with van der Waals surface area (Å²) in [6.07, 6.45) is 0. The predicted molar refractivity (Wildman–Crippen MR) is 63.4 cm³/mol. The molecule has 0 aliphatic carbocycles. The van der Waals surface area contributed by atoms with Crippen molar-refractivity contribution in [3.63, 3.8) is 0 Å². The zero-order valence-corrected chi connectivity index (χ0v) is 10.5. The Hall–Kier alpha value is -0.590. The highest BCUT2D eigenvalue weighted by Gasteiger charge is 2.13. The molecular weight excluding hydrogens is 282 g/mol. The minimum absolute atomic E-state index is 0.130. The molecule has 1 aromatic rings. The summed E-state index contributed by atoms with van der Waals surface area (Å²) in [5.41, 5.74) is 0.130. The van der Waals surface area contributed by atoms with E-state index in [0.29, 0.717) is 21.7 Å². The Balaban J connectivity index is 2.81. The molecular formula is C9H10BrNO3S. The van der Waals surface area contributed by atoms with Gasteiger partial charge in [-0.1, -0.05) is 15.9 Å². The van der Waals surface area contributed by atoms with Crippen LogP contribution in [0.2, 0.25) is 0 Å². The number of benzene rings is 1. The molecule has 1 rings (SSSR count). The molecule has 4 nitrogen and oxygen atoms in total. The van der Waals surface area contributed by atoms with E-state index in [1.807, 2.05) is 0 Å². The maximum atomic E-state index is 10.7. The van der Waals surface area contributed by atoms with E-state index in [1.54, 1.807) is 19.2 Å². The Morgan fingerprint density at radius 3 is 2.93 bits per heavy atom. The van der Waals surface area contributed by atoms with Gasteiger partial charge in [-0.3, -0.25) is 10.1 Å². The molecule has 0 aliphatic rings. The van der Waals surface area contributed by atoms with Crippen LogP contribution in [-0.2, 0) is 4.74 Å². The molecule has 0 amide bonds. The molecule has 1 aromatic carbocycles. The van der Waals surface area contributed by atoms with E-state index >= 15 is 0 Å². The molecule has 0 aliphatic heterocycles. The highest BCUT2D eigenvalue weighted by Crippen LogP contribution is 2.31. The molecule has 0 atom stereocenters. The fraction of sp³-hybridized carbons (Fsp3) is 0.333. The first-order valence-corrected chi connectivity index (χ1v) is 5.98. The number of hydrogen-bond donors (Lipinski definition) is 0. The van der Waals surface area contributed by atoms with Gasteiger partial charge < -0.3 is 4.74 Å². The lowest BCUT2D eigenvalue weighted by molar-refractivity contribution is -0.387. The zero-order valence-electron chi connectivity index (χ0n) is 8.10. The van der Waals surface area contributed by atoms with Gasteiger partial charge in [0.15, 0.2) is 0 Å². The minimum Gasteiger partial charge on any atom is -0.384 e. The molecule has 0 N–H and O–H groups in total. The fourth-order valence-electron chi connectivity index (χ4n) is 0.990. The number of methoxy groups -OCH3 is 1. The van der Waals surface area contributed by atoms with Crippen LogP contribution in [0.25, 0.3) is 0 Å². The van der Waals surface area contributed by atoms with Crippen LogP contribution in [0.3, 0.4) is 0 Å². The average molecular weight is 292 g/mol. The van der Waals surface area contributed by atoms with E-state index in [9.17, 15) is 10.1 Å². The van der Waals surface area contributed by atoms with Crippen LogP contribution in [0, 0.1) is 10.1 Å². The Labute approximate surface area is 100 Å². The second-order valence-electron chi connectivity index (χ2n) is 2.71. The predicted octanol–water partition coefficient (Wildman–Crippen LogP) is 3.10. The maximum Gasteiger partial charge on any atom is 0.284 e. The van der Waals surface area contributed by atoms with Gasteiger partial charge in [-0.15, -0.1) is 11.8 Å². The minimum atomic E-state index is -0.375. The van der Waals surface area contributed by atoms with E-state index in [4.69, 9.17) is 4.74 Å². The van der Waals surface area contributed by atoms with Crippen molar-refractivity contribution in [2.24, 2.45) is 0 Å². The molecule has 0 fully saturated rings. The first-order valence-electron chi connectivity index (χ1n) is 4.21. The van der Waals surface area contributed by atoms with Crippen molar-refractivity contribution in [2.75, 3.05) is 19.5 Å². The molecule has 0 bridgehead atoms. The Morgan fingerprint density at radius 1 is 1.60 bits per heavy atom. The summed E-state index contributed by atoms with van der Waals surface area (Å²) >= 11 is 4.63. The normalized spacial score (nSPS) is 10.3. The number of ether oxygens (including phenoxy) is 1. The number of nitrogens with zero attached hydrogens (tertiary/aromatic N) is 1. The van der Waals surface area contributed by atoms with Crippen molar-refractivity contribution in [3.8, 4) is 0 Å². The van der Waals surface area contributed by atoms with Crippen molar-refractivity contribution >= 4 is 33.4 Å². The summed E-state index contributed by atoms with van der Waals surface area (Å²) in [5, 5.41) is 10.7. The number of hydrogen-bond acceptors (Lipinski definition) is 4. The van der Waals surface area contributed by atoms with Gasteiger partial charge in [-0.05, 0) is 12.1 Å². The summed E-state index contributed by atoms with van der Waals surface area (Å²) in [7, 11) is 1.61. The Morgan fingerprint density at radius 2 is 2.33 bits per heavy atom. The van der Waals surface area contributed by atoms with Crippen LogP contribution >= 0.6 is 27.7 Å². The van der Waals surface area contributed by atoms with Gasteiger partial charge in [0.05, 0.1) is 16.4 Å². The molecule has 0 spiro atoms. The highest BCUT2D eigenvalue weighted by molar-refractivity contribution is 9.10. The van der Waals surface area contributed by atoms with Gasteiger partial charge in [0.25, 0.3) is 5.69 Å². The van der Waals surface area contributed by atoms with Gasteiger partial charge in [0.2, 0.25) is 0 Å². The third-order valence-corrected chi connectivity index (χ3v) is 3.18. The number of rotatable bonds is 5. The van der Waals surface area contributed by atoms with Crippen LogP contribution in [0.5, 0.6) is 0 Å². The van der Waals surface area contributed by atoms with Gasteiger partial charge >= 0.3 is 0 Å². The Bertz CT molecular complexity index is 359. The lowest BCUT2D eigenvalue weighted by Gasteiger charge is -2.02. The zero-order chi connectivity index (χ0) is 11.3. The highest BCUT2D eigenvalue weighted by atomic mass is 79.9. The molecule has 0 radical (unpaired) electrons. The van der Waals surface area contributed by atoms with Crippen molar-refractivity contribution in [2.45, 2.75) is 4.90 Å². The monoisotopic (exact) mass is 291 g/mol. The molecule has 0 unspecified atom stereocenters. The summed E-state index contributed by atoms with van der Waals surface area (Å²) < 4.78 is 5.60. The average Bonchev–Trinajstić information content (AvgIpc) is 2.20. The van der Waals surface area contributed by atoms with Crippen LogP contribution in [-0.4, -0.2) is 24.4 Å². The summed E-state index contributed by atoms with van der Waals surface area (Å²) in [4.78, 5) is 11.0. The first kappa shape index (κ1) is 12.5. The molecule has 0 saturated heterocycles.